The van der Waals surface area contributed by atoms with Crippen molar-refractivity contribution in [1.82, 2.24) is 0 Å². The van der Waals surface area contributed by atoms with Crippen molar-refractivity contribution in [3.8, 4) is 0 Å². The van der Waals surface area contributed by atoms with E-state index in [0.29, 0.717) is 0 Å². The van der Waals surface area contributed by atoms with Crippen molar-refractivity contribution in [3.05, 3.63) is 48.0 Å². The Labute approximate surface area is 79.8 Å². The summed E-state index contributed by atoms with van der Waals surface area (Å²) in [5, 5.41) is 0. The Morgan fingerprint density at radius 2 is 2.15 bits per heavy atom. The first-order valence-corrected chi connectivity index (χ1v) is 4.42. The van der Waals surface area contributed by atoms with E-state index in [1.807, 2.05) is 32.2 Å². The average molecular weight is 173 g/mol. The zero-order valence-corrected chi connectivity index (χ0v) is 8.25. The van der Waals surface area contributed by atoms with E-state index >= 15 is 0 Å². The molecule has 0 aliphatic heterocycles. The Morgan fingerprint density at radius 3 is 2.77 bits per heavy atom. The van der Waals surface area contributed by atoms with Crippen LogP contribution in [-0.2, 0) is 6.42 Å². The number of hydrogen-bond acceptors (Lipinski definition) is 1. The van der Waals surface area contributed by atoms with Gasteiger partial charge in [0, 0.05) is 12.8 Å². The minimum absolute atomic E-state index is 0.906. The zero-order chi connectivity index (χ0) is 9.68. The van der Waals surface area contributed by atoms with Gasteiger partial charge >= 0.3 is 0 Å². The minimum Gasteiger partial charge on any atom is -0.293 e. The van der Waals surface area contributed by atoms with Crippen molar-refractivity contribution >= 4 is 5.71 Å². The SMILES string of the molecule is C=CCc1ccccc1C(C)=NC. The maximum Gasteiger partial charge on any atom is 0.0389 e. The fourth-order valence-corrected chi connectivity index (χ4v) is 1.33. The number of benzene rings is 1. The highest BCUT2D eigenvalue weighted by Gasteiger charge is 2.01. The van der Waals surface area contributed by atoms with Gasteiger partial charge in [-0.1, -0.05) is 30.3 Å². The summed E-state index contributed by atoms with van der Waals surface area (Å²) in [6, 6.07) is 8.30. The fourth-order valence-electron chi connectivity index (χ4n) is 1.33. The Hall–Kier alpha value is -1.37. The molecule has 0 aliphatic carbocycles. The van der Waals surface area contributed by atoms with Crippen LogP contribution >= 0.6 is 0 Å². The van der Waals surface area contributed by atoms with Gasteiger partial charge in [0.05, 0.1) is 0 Å². The molecule has 1 heteroatoms. The summed E-state index contributed by atoms with van der Waals surface area (Å²) in [5.74, 6) is 0. The predicted octanol–water partition coefficient (Wildman–Crippen LogP) is 2.85. The quantitative estimate of drug-likeness (QED) is 0.492. The van der Waals surface area contributed by atoms with Crippen LogP contribution in [0.15, 0.2) is 41.9 Å². The van der Waals surface area contributed by atoms with Crippen LogP contribution in [0, 0.1) is 0 Å². The highest BCUT2D eigenvalue weighted by atomic mass is 14.7. The average Bonchev–Trinajstić information content (AvgIpc) is 2.18. The molecule has 0 radical (unpaired) electrons. The van der Waals surface area contributed by atoms with E-state index in [9.17, 15) is 0 Å². The van der Waals surface area contributed by atoms with Gasteiger partial charge in [0.15, 0.2) is 0 Å². The molecule has 0 amide bonds. The minimum atomic E-state index is 0.906. The Kier molecular flexibility index (Phi) is 3.44. The van der Waals surface area contributed by atoms with Gasteiger partial charge in [0.1, 0.15) is 0 Å². The highest BCUT2D eigenvalue weighted by Crippen LogP contribution is 2.10. The zero-order valence-electron chi connectivity index (χ0n) is 8.25. The molecule has 0 unspecified atom stereocenters. The number of aliphatic imine (C=N–C) groups is 1. The first kappa shape index (κ1) is 9.72. The van der Waals surface area contributed by atoms with Crippen LogP contribution in [0.25, 0.3) is 0 Å². The van der Waals surface area contributed by atoms with Crippen molar-refractivity contribution in [2.24, 2.45) is 4.99 Å². The molecule has 0 atom stereocenters. The highest BCUT2D eigenvalue weighted by molar-refractivity contribution is 5.99. The predicted molar refractivity (Wildman–Crippen MR) is 58.5 cm³/mol. The maximum absolute atomic E-state index is 4.18. The molecule has 0 aromatic heterocycles. The third-order valence-corrected chi connectivity index (χ3v) is 2.11. The maximum atomic E-state index is 4.18. The van der Waals surface area contributed by atoms with Gasteiger partial charge in [0.25, 0.3) is 0 Å². The molecule has 1 nitrogen and oxygen atoms in total. The Bertz CT molecular complexity index is 324. The van der Waals surface area contributed by atoms with Crippen LogP contribution in [0.3, 0.4) is 0 Å². The molecule has 68 valence electrons. The van der Waals surface area contributed by atoms with Crippen LogP contribution < -0.4 is 0 Å². The monoisotopic (exact) mass is 173 g/mol. The van der Waals surface area contributed by atoms with Gasteiger partial charge in [-0.15, -0.1) is 6.58 Å². The second-order valence-electron chi connectivity index (χ2n) is 2.96. The molecule has 0 aliphatic rings. The first-order valence-electron chi connectivity index (χ1n) is 4.42. The molecule has 0 spiro atoms. The molecule has 0 saturated heterocycles. The van der Waals surface area contributed by atoms with Crippen LogP contribution in [0.5, 0.6) is 0 Å². The fraction of sp³-hybridized carbons (Fsp3) is 0.250. The lowest BCUT2D eigenvalue weighted by Crippen LogP contribution is -1.99. The van der Waals surface area contributed by atoms with E-state index < -0.39 is 0 Å². The number of rotatable bonds is 3. The molecule has 1 aromatic rings. The summed E-state index contributed by atoms with van der Waals surface area (Å²) < 4.78 is 0. The van der Waals surface area contributed by atoms with Gasteiger partial charge in [-0.05, 0) is 24.5 Å². The van der Waals surface area contributed by atoms with Gasteiger partial charge < -0.3 is 0 Å². The summed E-state index contributed by atoms with van der Waals surface area (Å²) in [6.45, 7) is 5.77. The van der Waals surface area contributed by atoms with E-state index in [1.54, 1.807) is 0 Å². The molecule has 0 fully saturated rings. The largest absolute Gasteiger partial charge is 0.293 e. The van der Waals surface area contributed by atoms with Crippen LogP contribution in [0.4, 0.5) is 0 Å². The van der Waals surface area contributed by atoms with Crippen molar-refractivity contribution < 1.29 is 0 Å². The molecule has 0 heterocycles. The lowest BCUT2D eigenvalue weighted by molar-refractivity contribution is 1.25. The molecular formula is C12H15N. The van der Waals surface area contributed by atoms with Crippen molar-refractivity contribution in [1.29, 1.82) is 0 Å². The second-order valence-corrected chi connectivity index (χ2v) is 2.96. The van der Waals surface area contributed by atoms with Crippen LogP contribution in [-0.4, -0.2) is 12.8 Å². The molecule has 0 saturated carbocycles. The summed E-state index contributed by atoms with van der Waals surface area (Å²) in [5.41, 5.74) is 3.60. The van der Waals surface area contributed by atoms with Crippen molar-refractivity contribution in [3.63, 3.8) is 0 Å². The van der Waals surface area contributed by atoms with E-state index in [4.69, 9.17) is 0 Å². The summed E-state index contributed by atoms with van der Waals surface area (Å²) in [7, 11) is 1.82. The van der Waals surface area contributed by atoms with E-state index in [2.05, 4.69) is 23.7 Å². The topological polar surface area (TPSA) is 12.4 Å². The first-order chi connectivity index (χ1) is 6.29. The molecule has 13 heavy (non-hydrogen) atoms. The smallest absolute Gasteiger partial charge is 0.0389 e. The van der Waals surface area contributed by atoms with Crippen LogP contribution in [0.2, 0.25) is 0 Å². The van der Waals surface area contributed by atoms with E-state index in [0.717, 1.165) is 12.1 Å². The van der Waals surface area contributed by atoms with Gasteiger partial charge in [-0.3, -0.25) is 4.99 Å². The summed E-state index contributed by atoms with van der Waals surface area (Å²) in [4.78, 5) is 4.18. The van der Waals surface area contributed by atoms with E-state index in [1.165, 1.54) is 11.1 Å². The molecule has 0 N–H and O–H groups in total. The van der Waals surface area contributed by atoms with Crippen molar-refractivity contribution in [2.45, 2.75) is 13.3 Å². The van der Waals surface area contributed by atoms with Gasteiger partial charge in [0.2, 0.25) is 0 Å². The number of hydrogen-bond donors (Lipinski definition) is 0. The normalized spacial score (nSPS) is 11.4. The van der Waals surface area contributed by atoms with Gasteiger partial charge in [-0.25, -0.2) is 0 Å². The number of nitrogens with zero attached hydrogens (tertiary/aromatic N) is 1. The molecule has 0 bridgehead atoms. The van der Waals surface area contributed by atoms with E-state index in [-0.39, 0.29) is 0 Å². The van der Waals surface area contributed by atoms with Crippen molar-refractivity contribution in [2.75, 3.05) is 7.05 Å². The Morgan fingerprint density at radius 1 is 1.46 bits per heavy atom. The molecular weight excluding hydrogens is 158 g/mol. The third-order valence-electron chi connectivity index (χ3n) is 2.11. The third kappa shape index (κ3) is 2.28. The standard InChI is InChI=1S/C12H15N/c1-4-7-11-8-5-6-9-12(11)10(2)13-3/h4-6,8-9H,1,7H2,2-3H3. The summed E-state index contributed by atoms with van der Waals surface area (Å²) >= 11 is 0. The Balaban J connectivity index is 3.11. The lowest BCUT2D eigenvalue weighted by Gasteiger charge is -2.05. The molecule has 1 aromatic carbocycles. The number of allylic oxidation sites excluding steroid dienone is 1. The lowest BCUT2D eigenvalue weighted by atomic mass is 10.0. The van der Waals surface area contributed by atoms with Gasteiger partial charge in [-0.2, -0.15) is 0 Å². The summed E-state index contributed by atoms with van der Waals surface area (Å²) in [6.07, 6.45) is 2.82. The van der Waals surface area contributed by atoms with Crippen LogP contribution in [0.1, 0.15) is 18.1 Å². The second kappa shape index (κ2) is 4.61. The molecule has 1 rings (SSSR count).